The number of nitrogens with one attached hydrogen (secondary N) is 2. The summed E-state index contributed by atoms with van der Waals surface area (Å²) < 4.78 is 5.87. The lowest BCUT2D eigenvalue weighted by Crippen LogP contribution is -2.53. The quantitative estimate of drug-likeness (QED) is 0.341. The molecule has 0 bridgehead atoms. The van der Waals surface area contributed by atoms with Crippen molar-refractivity contribution in [2.45, 2.75) is 90.3 Å². The molecule has 2 N–H and O–H groups in total. The van der Waals surface area contributed by atoms with Gasteiger partial charge < -0.3 is 15.4 Å². The summed E-state index contributed by atoms with van der Waals surface area (Å²) in [6, 6.07) is 15.6. The van der Waals surface area contributed by atoms with E-state index in [1.54, 1.807) is 5.38 Å². The molecule has 0 radical (unpaired) electrons. The van der Waals surface area contributed by atoms with E-state index in [4.69, 9.17) is 4.74 Å². The molecule has 2 atom stereocenters. The summed E-state index contributed by atoms with van der Waals surface area (Å²) in [5.41, 5.74) is 3.51. The summed E-state index contributed by atoms with van der Waals surface area (Å²) in [7, 11) is 0. The van der Waals surface area contributed by atoms with Crippen LogP contribution in [0.15, 0.2) is 53.9 Å². The lowest BCUT2D eigenvalue weighted by atomic mass is 9.86. The summed E-state index contributed by atoms with van der Waals surface area (Å²) >= 11 is 1.41. The number of hydrogen-bond donors (Lipinski definition) is 2. The molecular weight excluding hydrogens is 494 g/mol. The number of thiazole rings is 1. The van der Waals surface area contributed by atoms with Gasteiger partial charge in [-0.2, -0.15) is 0 Å². The first-order chi connectivity index (χ1) is 18.1. The van der Waals surface area contributed by atoms with E-state index in [-0.39, 0.29) is 29.3 Å². The third kappa shape index (κ3) is 7.22. The summed E-state index contributed by atoms with van der Waals surface area (Å²) in [4.78, 5) is 30.5. The van der Waals surface area contributed by atoms with Crippen LogP contribution in [0.4, 0.5) is 0 Å². The van der Waals surface area contributed by atoms with Crippen LogP contribution in [0.3, 0.4) is 0 Å². The molecule has 7 heteroatoms. The Balaban J connectivity index is 1.32. The van der Waals surface area contributed by atoms with Gasteiger partial charge in [0.15, 0.2) is 0 Å². The van der Waals surface area contributed by atoms with Crippen LogP contribution in [0.2, 0.25) is 0 Å². The zero-order chi connectivity index (χ0) is 27.3. The molecule has 38 heavy (non-hydrogen) atoms. The van der Waals surface area contributed by atoms with Crippen molar-refractivity contribution in [1.82, 2.24) is 15.6 Å². The highest BCUT2D eigenvalue weighted by atomic mass is 32.1. The van der Waals surface area contributed by atoms with E-state index in [9.17, 15) is 9.59 Å². The third-order valence-corrected chi connectivity index (χ3v) is 7.93. The molecule has 0 unspecified atom stereocenters. The molecule has 3 aromatic rings. The van der Waals surface area contributed by atoms with Crippen molar-refractivity contribution in [3.63, 3.8) is 0 Å². The van der Waals surface area contributed by atoms with Crippen LogP contribution < -0.4 is 15.4 Å². The van der Waals surface area contributed by atoms with Gasteiger partial charge in [-0.3, -0.25) is 9.59 Å². The van der Waals surface area contributed by atoms with E-state index < -0.39 is 0 Å². The lowest BCUT2D eigenvalue weighted by Gasteiger charge is -2.32. The topological polar surface area (TPSA) is 80.3 Å². The van der Waals surface area contributed by atoms with Gasteiger partial charge in [0.2, 0.25) is 0 Å². The zero-order valence-electron chi connectivity index (χ0n) is 23.0. The van der Waals surface area contributed by atoms with Gasteiger partial charge in [-0.1, -0.05) is 71.7 Å². The van der Waals surface area contributed by atoms with Crippen molar-refractivity contribution >= 4 is 23.2 Å². The number of benzene rings is 2. The van der Waals surface area contributed by atoms with E-state index in [2.05, 4.69) is 62.4 Å². The number of amides is 2. The van der Waals surface area contributed by atoms with Crippen molar-refractivity contribution in [1.29, 1.82) is 0 Å². The van der Waals surface area contributed by atoms with Gasteiger partial charge in [-0.15, -0.1) is 11.3 Å². The number of ether oxygens (including phenoxy) is 1. The van der Waals surface area contributed by atoms with Gasteiger partial charge in [0.25, 0.3) is 11.8 Å². The van der Waals surface area contributed by atoms with Crippen molar-refractivity contribution in [2.75, 3.05) is 0 Å². The number of carbonyl (C=O) groups excluding carboxylic acids is 2. The fourth-order valence-electron chi connectivity index (χ4n) is 4.67. The molecular formula is C31H39N3O3S. The summed E-state index contributed by atoms with van der Waals surface area (Å²) in [6.07, 6.45) is 3.70. The molecule has 1 fully saturated rings. The van der Waals surface area contributed by atoms with E-state index >= 15 is 0 Å². The van der Waals surface area contributed by atoms with Crippen LogP contribution in [0.5, 0.6) is 5.75 Å². The second-order valence-electron chi connectivity index (χ2n) is 11.4. The molecule has 0 spiro atoms. The minimum atomic E-state index is -0.213. The molecule has 202 valence electrons. The number of carbonyl (C=O) groups is 2. The van der Waals surface area contributed by atoms with Crippen molar-refractivity contribution in [3.8, 4) is 5.75 Å². The Morgan fingerprint density at radius 1 is 0.947 bits per heavy atom. The van der Waals surface area contributed by atoms with Crippen LogP contribution in [-0.4, -0.2) is 28.9 Å². The largest absolute Gasteiger partial charge is 0.486 e. The van der Waals surface area contributed by atoms with E-state index in [0.29, 0.717) is 23.8 Å². The molecule has 2 amide bonds. The van der Waals surface area contributed by atoms with E-state index in [0.717, 1.165) is 36.4 Å². The van der Waals surface area contributed by atoms with Crippen LogP contribution in [0.25, 0.3) is 0 Å². The predicted molar refractivity (Wildman–Crippen MR) is 153 cm³/mol. The Morgan fingerprint density at radius 2 is 1.55 bits per heavy atom. The van der Waals surface area contributed by atoms with Crippen molar-refractivity contribution in [3.05, 3.63) is 81.3 Å². The molecule has 1 aliphatic carbocycles. The van der Waals surface area contributed by atoms with Crippen molar-refractivity contribution < 1.29 is 14.3 Å². The maximum atomic E-state index is 13.0. The molecule has 1 aliphatic rings. The number of nitrogens with zero attached hydrogens (tertiary/aromatic N) is 1. The minimum Gasteiger partial charge on any atom is -0.486 e. The van der Waals surface area contributed by atoms with Gasteiger partial charge in [0.1, 0.15) is 23.1 Å². The van der Waals surface area contributed by atoms with Gasteiger partial charge in [0, 0.05) is 23.0 Å². The highest BCUT2D eigenvalue weighted by Crippen LogP contribution is 2.24. The fraction of sp³-hybridized carbons (Fsp3) is 0.452. The minimum absolute atomic E-state index is 0.0362. The summed E-state index contributed by atoms with van der Waals surface area (Å²) in [5, 5.41) is 8.80. The Labute approximate surface area is 230 Å². The Hall–Kier alpha value is -3.19. The predicted octanol–water partition coefficient (Wildman–Crippen LogP) is 6.61. The molecule has 4 rings (SSSR count). The SMILES string of the molecule is CC(C)c1ccc(OCc2nc(C(=O)N[C@@H]3CCCC[C@@H]3NC(=O)c3ccc(C(C)(C)C)cc3)cs2)cc1. The van der Waals surface area contributed by atoms with Gasteiger partial charge in [-0.05, 0) is 59.6 Å². The van der Waals surface area contributed by atoms with Crippen LogP contribution in [0.1, 0.15) is 103 Å². The number of aromatic nitrogens is 1. The monoisotopic (exact) mass is 533 g/mol. The standard InChI is InChI=1S/C31H39N3O3S/c1-20(2)21-12-16-24(17-13-21)37-18-28-32-27(19-38-28)30(36)34-26-9-7-6-8-25(26)33-29(35)22-10-14-23(15-11-22)31(3,4)5/h10-17,19-20,25-26H,6-9,18H2,1-5H3,(H,33,35)(H,34,36)/t25-,26+/m0/s1. The van der Waals surface area contributed by atoms with E-state index in [1.807, 2.05) is 36.4 Å². The molecule has 2 aromatic carbocycles. The van der Waals surface area contributed by atoms with Gasteiger partial charge in [-0.25, -0.2) is 4.98 Å². The maximum Gasteiger partial charge on any atom is 0.271 e. The second kappa shape index (κ2) is 12.1. The summed E-state index contributed by atoms with van der Waals surface area (Å²) in [5.74, 6) is 0.936. The molecule has 6 nitrogen and oxygen atoms in total. The Bertz CT molecular complexity index is 1230. The Morgan fingerprint density at radius 3 is 2.13 bits per heavy atom. The molecule has 1 saturated carbocycles. The highest BCUT2D eigenvalue weighted by molar-refractivity contribution is 7.09. The highest BCUT2D eigenvalue weighted by Gasteiger charge is 2.29. The average molecular weight is 534 g/mol. The van der Waals surface area contributed by atoms with Crippen LogP contribution in [0, 0.1) is 0 Å². The smallest absolute Gasteiger partial charge is 0.271 e. The Kier molecular flexibility index (Phi) is 8.87. The van der Waals surface area contributed by atoms with Crippen LogP contribution in [-0.2, 0) is 12.0 Å². The van der Waals surface area contributed by atoms with Gasteiger partial charge >= 0.3 is 0 Å². The number of rotatable bonds is 8. The third-order valence-electron chi connectivity index (χ3n) is 7.11. The molecule has 1 heterocycles. The molecule has 0 aliphatic heterocycles. The second-order valence-corrected chi connectivity index (χ2v) is 12.4. The fourth-order valence-corrected chi connectivity index (χ4v) is 5.35. The maximum absolute atomic E-state index is 13.0. The summed E-state index contributed by atoms with van der Waals surface area (Å²) in [6.45, 7) is 11.1. The normalized spacial score (nSPS) is 17.7. The first kappa shape index (κ1) is 27.8. The zero-order valence-corrected chi connectivity index (χ0v) is 23.9. The van der Waals surface area contributed by atoms with Gasteiger partial charge in [0.05, 0.1) is 0 Å². The first-order valence-electron chi connectivity index (χ1n) is 13.5. The number of hydrogen-bond acceptors (Lipinski definition) is 5. The van der Waals surface area contributed by atoms with Crippen molar-refractivity contribution in [2.24, 2.45) is 0 Å². The van der Waals surface area contributed by atoms with E-state index in [1.165, 1.54) is 22.5 Å². The van der Waals surface area contributed by atoms with Crippen LogP contribution >= 0.6 is 11.3 Å². The average Bonchev–Trinajstić information content (AvgIpc) is 3.38. The molecule has 0 saturated heterocycles. The first-order valence-corrected chi connectivity index (χ1v) is 14.4. The lowest BCUT2D eigenvalue weighted by molar-refractivity contribution is 0.0860. The molecule has 1 aromatic heterocycles.